The number of halogens is 2. The van der Waals surface area contributed by atoms with Crippen LogP contribution in [0.5, 0.6) is 0 Å². The maximum Gasteiger partial charge on any atom is 0.269 e. The molecule has 0 saturated carbocycles. The number of carbonyl (C=O) groups is 1. The van der Waals surface area contributed by atoms with Crippen LogP contribution in [0.4, 0.5) is 0 Å². The SMILES string of the molecule is CC(C)(CCO)CNC(=O)c1[nH]c2ccc(Cl)cc2c1Cl. The summed E-state index contributed by atoms with van der Waals surface area (Å²) >= 11 is 12.2. The van der Waals surface area contributed by atoms with Gasteiger partial charge in [-0.15, -0.1) is 0 Å². The third-order valence-corrected chi connectivity index (χ3v) is 4.07. The van der Waals surface area contributed by atoms with Crippen molar-refractivity contribution < 1.29 is 9.90 Å². The topological polar surface area (TPSA) is 65.1 Å². The van der Waals surface area contributed by atoms with Crippen molar-refractivity contribution in [3.05, 3.63) is 33.9 Å². The molecule has 1 aromatic carbocycles. The Balaban J connectivity index is 2.18. The molecule has 1 heterocycles. The van der Waals surface area contributed by atoms with E-state index < -0.39 is 0 Å². The molecule has 4 nitrogen and oxygen atoms in total. The fraction of sp³-hybridized carbons (Fsp3) is 0.400. The minimum absolute atomic E-state index is 0.0918. The number of aliphatic hydroxyl groups is 1. The summed E-state index contributed by atoms with van der Waals surface area (Å²) < 4.78 is 0. The van der Waals surface area contributed by atoms with Crippen LogP contribution in [0.15, 0.2) is 18.2 Å². The molecule has 0 unspecified atom stereocenters. The highest BCUT2D eigenvalue weighted by molar-refractivity contribution is 6.39. The predicted molar refractivity (Wildman–Crippen MR) is 86.1 cm³/mol. The molecule has 2 aromatic rings. The number of carbonyl (C=O) groups excluding carboxylic acids is 1. The minimum atomic E-state index is -0.265. The third kappa shape index (κ3) is 3.70. The first kappa shape index (κ1) is 16.1. The summed E-state index contributed by atoms with van der Waals surface area (Å²) in [5.41, 5.74) is 0.921. The Morgan fingerprint density at radius 2 is 2.10 bits per heavy atom. The average Bonchev–Trinajstić information content (AvgIpc) is 2.73. The van der Waals surface area contributed by atoms with Gasteiger partial charge in [0.1, 0.15) is 5.69 Å². The van der Waals surface area contributed by atoms with Gasteiger partial charge < -0.3 is 15.4 Å². The summed E-state index contributed by atoms with van der Waals surface area (Å²) in [5, 5.41) is 13.5. The van der Waals surface area contributed by atoms with Crippen molar-refractivity contribution in [1.29, 1.82) is 0 Å². The van der Waals surface area contributed by atoms with Crippen LogP contribution in [-0.4, -0.2) is 29.1 Å². The summed E-state index contributed by atoms with van der Waals surface area (Å²) in [6, 6.07) is 5.25. The predicted octanol–water partition coefficient (Wildman–Crippen LogP) is 3.61. The molecule has 0 saturated heterocycles. The molecular formula is C15H18Cl2N2O2. The van der Waals surface area contributed by atoms with Gasteiger partial charge >= 0.3 is 0 Å². The first-order valence-corrected chi connectivity index (χ1v) is 7.45. The summed E-state index contributed by atoms with van der Waals surface area (Å²) in [6.45, 7) is 4.51. The Bertz CT molecular complexity index is 665. The van der Waals surface area contributed by atoms with E-state index in [1.54, 1.807) is 18.2 Å². The number of aromatic nitrogens is 1. The Labute approximate surface area is 133 Å². The molecule has 114 valence electrons. The van der Waals surface area contributed by atoms with E-state index in [4.69, 9.17) is 28.3 Å². The van der Waals surface area contributed by atoms with E-state index in [0.717, 1.165) is 10.9 Å². The molecule has 3 N–H and O–H groups in total. The monoisotopic (exact) mass is 328 g/mol. The largest absolute Gasteiger partial charge is 0.396 e. The Morgan fingerprint density at radius 1 is 1.38 bits per heavy atom. The highest BCUT2D eigenvalue weighted by Gasteiger charge is 2.21. The van der Waals surface area contributed by atoms with Crippen LogP contribution in [0.1, 0.15) is 30.8 Å². The Morgan fingerprint density at radius 3 is 2.76 bits per heavy atom. The first-order chi connectivity index (χ1) is 9.84. The Kier molecular flexibility index (Phi) is 4.81. The lowest BCUT2D eigenvalue weighted by atomic mass is 9.90. The highest BCUT2D eigenvalue weighted by Crippen LogP contribution is 2.29. The molecule has 0 aliphatic heterocycles. The van der Waals surface area contributed by atoms with E-state index in [1.807, 2.05) is 13.8 Å². The maximum atomic E-state index is 12.2. The van der Waals surface area contributed by atoms with Crippen LogP contribution in [0.2, 0.25) is 10.0 Å². The third-order valence-electron chi connectivity index (χ3n) is 3.44. The lowest BCUT2D eigenvalue weighted by molar-refractivity contribution is 0.0924. The zero-order valence-corrected chi connectivity index (χ0v) is 13.5. The maximum absolute atomic E-state index is 12.2. The molecule has 1 amide bonds. The number of aliphatic hydroxyl groups excluding tert-OH is 1. The van der Waals surface area contributed by atoms with Crippen molar-refractivity contribution >= 4 is 40.0 Å². The fourth-order valence-electron chi connectivity index (χ4n) is 2.09. The van der Waals surface area contributed by atoms with Gasteiger partial charge in [0.25, 0.3) is 5.91 Å². The smallest absolute Gasteiger partial charge is 0.269 e. The van der Waals surface area contributed by atoms with E-state index in [0.29, 0.717) is 28.7 Å². The van der Waals surface area contributed by atoms with Crippen molar-refractivity contribution in [3.63, 3.8) is 0 Å². The van der Waals surface area contributed by atoms with Gasteiger partial charge in [-0.05, 0) is 30.0 Å². The van der Waals surface area contributed by atoms with Crippen molar-refractivity contribution in [2.75, 3.05) is 13.2 Å². The molecule has 6 heteroatoms. The van der Waals surface area contributed by atoms with Crippen molar-refractivity contribution in [3.8, 4) is 0 Å². The van der Waals surface area contributed by atoms with Crippen molar-refractivity contribution in [1.82, 2.24) is 10.3 Å². The number of nitrogens with one attached hydrogen (secondary N) is 2. The average molecular weight is 329 g/mol. The quantitative estimate of drug-likeness (QED) is 0.784. The molecular weight excluding hydrogens is 311 g/mol. The zero-order valence-electron chi connectivity index (χ0n) is 12.0. The second-order valence-corrected chi connectivity index (χ2v) is 6.64. The van der Waals surface area contributed by atoms with Crippen LogP contribution < -0.4 is 5.32 Å². The van der Waals surface area contributed by atoms with Crippen LogP contribution in [0.25, 0.3) is 10.9 Å². The van der Waals surface area contributed by atoms with Crippen LogP contribution in [0, 0.1) is 5.41 Å². The standard InChI is InChI=1S/C15H18Cl2N2O2/c1-15(2,5-6-20)8-18-14(21)13-12(17)10-7-9(16)3-4-11(10)19-13/h3-4,7,19-20H,5-6,8H2,1-2H3,(H,18,21). The van der Waals surface area contributed by atoms with Crippen LogP contribution >= 0.6 is 23.2 Å². The lowest BCUT2D eigenvalue weighted by Crippen LogP contribution is -2.34. The molecule has 21 heavy (non-hydrogen) atoms. The van der Waals surface area contributed by atoms with Gasteiger partial charge in [-0.1, -0.05) is 37.0 Å². The molecule has 0 spiro atoms. The number of amides is 1. The number of H-pyrrole nitrogens is 1. The summed E-state index contributed by atoms with van der Waals surface area (Å²) in [6.07, 6.45) is 0.614. The van der Waals surface area contributed by atoms with E-state index in [-0.39, 0.29) is 17.9 Å². The van der Waals surface area contributed by atoms with Crippen molar-refractivity contribution in [2.45, 2.75) is 20.3 Å². The number of hydrogen-bond donors (Lipinski definition) is 3. The van der Waals surface area contributed by atoms with Gasteiger partial charge in [-0.3, -0.25) is 4.79 Å². The minimum Gasteiger partial charge on any atom is -0.396 e. The van der Waals surface area contributed by atoms with Gasteiger partial charge in [0, 0.05) is 29.1 Å². The van der Waals surface area contributed by atoms with Crippen LogP contribution in [0.3, 0.4) is 0 Å². The van der Waals surface area contributed by atoms with Gasteiger partial charge in [-0.25, -0.2) is 0 Å². The molecule has 1 aromatic heterocycles. The van der Waals surface area contributed by atoms with E-state index in [9.17, 15) is 4.79 Å². The van der Waals surface area contributed by atoms with Crippen LogP contribution in [-0.2, 0) is 0 Å². The lowest BCUT2D eigenvalue weighted by Gasteiger charge is -2.23. The summed E-state index contributed by atoms with van der Waals surface area (Å²) in [7, 11) is 0. The van der Waals surface area contributed by atoms with E-state index >= 15 is 0 Å². The molecule has 0 fully saturated rings. The number of hydrogen-bond acceptors (Lipinski definition) is 2. The van der Waals surface area contributed by atoms with E-state index in [1.165, 1.54) is 0 Å². The number of rotatable bonds is 5. The molecule has 0 aliphatic carbocycles. The van der Waals surface area contributed by atoms with Gasteiger partial charge in [0.2, 0.25) is 0 Å². The molecule has 0 radical (unpaired) electrons. The van der Waals surface area contributed by atoms with E-state index in [2.05, 4.69) is 10.3 Å². The second kappa shape index (κ2) is 6.26. The van der Waals surface area contributed by atoms with Gasteiger partial charge in [0.15, 0.2) is 0 Å². The normalized spacial score (nSPS) is 11.9. The number of fused-ring (bicyclic) bond motifs is 1. The molecule has 0 bridgehead atoms. The van der Waals surface area contributed by atoms with Gasteiger partial charge in [0.05, 0.1) is 5.02 Å². The number of aromatic amines is 1. The molecule has 2 rings (SSSR count). The Hall–Kier alpha value is -1.23. The van der Waals surface area contributed by atoms with Gasteiger partial charge in [-0.2, -0.15) is 0 Å². The first-order valence-electron chi connectivity index (χ1n) is 6.70. The summed E-state index contributed by atoms with van der Waals surface area (Å²) in [4.78, 5) is 15.3. The van der Waals surface area contributed by atoms with Crippen molar-refractivity contribution in [2.24, 2.45) is 5.41 Å². The summed E-state index contributed by atoms with van der Waals surface area (Å²) in [5.74, 6) is -0.265. The fourth-order valence-corrected chi connectivity index (χ4v) is 2.55. The number of benzene rings is 1. The zero-order chi connectivity index (χ0) is 15.6. The molecule has 0 atom stereocenters. The molecule has 0 aliphatic rings. The second-order valence-electron chi connectivity index (χ2n) is 5.82. The highest BCUT2D eigenvalue weighted by atomic mass is 35.5.